The third kappa shape index (κ3) is 6.21. The van der Waals surface area contributed by atoms with Gasteiger partial charge in [-0.25, -0.2) is 0 Å². The second kappa shape index (κ2) is 12.5. The van der Waals surface area contributed by atoms with Crippen LogP contribution >= 0.6 is 11.3 Å². The Morgan fingerprint density at radius 3 is 2.53 bits per heavy atom. The molecule has 2 amide bonds. The van der Waals surface area contributed by atoms with Crippen LogP contribution in [0.15, 0.2) is 60.0 Å². The van der Waals surface area contributed by atoms with Gasteiger partial charge in [-0.1, -0.05) is 39.0 Å². The molecule has 2 atom stereocenters. The highest BCUT2D eigenvalue weighted by atomic mass is 32.1. The van der Waals surface area contributed by atoms with Crippen molar-refractivity contribution in [3.05, 3.63) is 81.5 Å². The second-order valence-electron chi connectivity index (χ2n) is 10.1. The third-order valence-electron chi connectivity index (χ3n) is 7.38. The molecule has 2 heterocycles. The van der Waals surface area contributed by atoms with Gasteiger partial charge in [0.15, 0.2) is 0 Å². The number of hydrogen-bond acceptors (Lipinski definition) is 5. The number of carbonyl (C=O) groups is 2. The second-order valence-corrected chi connectivity index (χ2v) is 11.1. The molecule has 6 nitrogen and oxygen atoms in total. The van der Waals surface area contributed by atoms with Crippen LogP contribution in [0, 0.1) is 0 Å². The van der Waals surface area contributed by atoms with E-state index in [4.69, 9.17) is 9.47 Å². The lowest BCUT2D eigenvalue weighted by atomic mass is 10.00. The molecule has 0 spiro atoms. The Labute approximate surface area is 230 Å². The molecule has 0 radical (unpaired) electrons. The Hall–Kier alpha value is -3.32. The molecule has 4 rings (SSSR count). The Balaban J connectivity index is 1.53. The molecule has 7 heteroatoms. The van der Waals surface area contributed by atoms with Gasteiger partial charge in [0.05, 0.1) is 13.2 Å². The molecular weight excluding hydrogens is 496 g/mol. The zero-order valence-electron chi connectivity index (χ0n) is 23.0. The van der Waals surface area contributed by atoms with Crippen molar-refractivity contribution in [1.29, 1.82) is 0 Å². The number of carbonyl (C=O) groups excluding carboxylic acids is 2. The molecule has 0 aliphatic carbocycles. The van der Waals surface area contributed by atoms with Crippen LogP contribution in [0.4, 0.5) is 0 Å². The van der Waals surface area contributed by atoms with E-state index >= 15 is 0 Å². The Morgan fingerprint density at radius 2 is 1.84 bits per heavy atom. The first kappa shape index (κ1) is 27.7. The lowest BCUT2D eigenvalue weighted by molar-refractivity contribution is -0.136. The van der Waals surface area contributed by atoms with Crippen molar-refractivity contribution in [2.75, 3.05) is 26.8 Å². The topological polar surface area (TPSA) is 59.1 Å². The van der Waals surface area contributed by atoms with E-state index in [9.17, 15) is 9.59 Å². The average Bonchev–Trinajstić information content (AvgIpc) is 3.43. The first-order valence-electron chi connectivity index (χ1n) is 13.4. The summed E-state index contributed by atoms with van der Waals surface area (Å²) in [6, 6.07) is 17.1. The first-order valence-corrected chi connectivity index (χ1v) is 14.2. The van der Waals surface area contributed by atoms with Gasteiger partial charge in [0.25, 0.3) is 5.91 Å². The van der Waals surface area contributed by atoms with Crippen LogP contribution in [-0.2, 0) is 11.2 Å². The molecule has 38 heavy (non-hydrogen) atoms. The van der Waals surface area contributed by atoms with E-state index < -0.39 is 0 Å². The molecule has 0 bridgehead atoms. The lowest BCUT2D eigenvalue weighted by Crippen LogP contribution is -2.49. The number of rotatable bonds is 10. The van der Waals surface area contributed by atoms with Crippen molar-refractivity contribution in [3.8, 4) is 11.5 Å². The van der Waals surface area contributed by atoms with Gasteiger partial charge >= 0.3 is 0 Å². The van der Waals surface area contributed by atoms with Crippen LogP contribution in [-0.4, -0.2) is 54.5 Å². The first-order chi connectivity index (χ1) is 18.3. The normalized spacial score (nSPS) is 15.6. The molecule has 0 N–H and O–H groups in total. The third-order valence-corrected chi connectivity index (χ3v) is 8.37. The fourth-order valence-electron chi connectivity index (χ4n) is 4.81. The van der Waals surface area contributed by atoms with Crippen LogP contribution in [0.2, 0.25) is 0 Å². The highest BCUT2D eigenvalue weighted by Crippen LogP contribution is 2.34. The van der Waals surface area contributed by atoms with Crippen LogP contribution in [0.1, 0.15) is 72.4 Å². The number of amides is 2. The van der Waals surface area contributed by atoms with E-state index in [0.29, 0.717) is 30.4 Å². The van der Waals surface area contributed by atoms with Crippen molar-refractivity contribution in [2.45, 2.75) is 58.5 Å². The average molecular weight is 535 g/mol. The SMILES string of the molecule is CCC(C)N(CC(=O)N1CCc2sccc2C1COc1ccc(C(C)C)cc1)C(=O)c1cccc(OC)c1. The van der Waals surface area contributed by atoms with Crippen molar-refractivity contribution < 1.29 is 19.1 Å². The van der Waals surface area contributed by atoms with Crippen LogP contribution in [0.3, 0.4) is 0 Å². The molecule has 0 saturated heterocycles. The maximum atomic E-state index is 13.8. The summed E-state index contributed by atoms with van der Waals surface area (Å²) >= 11 is 1.73. The van der Waals surface area contributed by atoms with E-state index in [0.717, 1.165) is 24.2 Å². The zero-order chi connectivity index (χ0) is 27.2. The van der Waals surface area contributed by atoms with Gasteiger partial charge in [-0.3, -0.25) is 9.59 Å². The van der Waals surface area contributed by atoms with Gasteiger partial charge in [-0.15, -0.1) is 11.3 Å². The van der Waals surface area contributed by atoms with Gasteiger partial charge < -0.3 is 19.3 Å². The summed E-state index contributed by atoms with van der Waals surface area (Å²) in [5, 5.41) is 2.08. The van der Waals surface area contributed by atoms with Gasteiger partial charge in [-0.2, -0.15) is 0 Å². The molecule has 2 aromatic carbocycles. The fraction of sp³-hybridized carbons (Fsp3) is 0.419. The molecular formula is C31H38N2O4S. The number of hydrogen-bond donors (Lipinski definition) is 0. The number of benzene rings is 2. The quantitative estimate of drug-likeness (QED) is 0.305. The monoisotopic (exact) mass is 534 g/mol. The Morgan fingerprint density at radius 1 is 1.08 bits per heavy atom. The van der Waals surface area contributed by atoms with Gasteiger partial charge in [-0.05, 0) is 78.6 Å². The van der Waals surface area contributed by atoms with Crippen molar-refractivity contribution >= 4 is 23.2 Å². The maximum absolute atomic E-state index is 13.8. The maximum Gasteiger partial charge on any atom is 0.254 e. The minimum Gasteiger partial charge on any atom is -0.497 e. The summed E-state index contributed by atoms with van der Waals surface area (Å²) in [4.78, 5) is 32.2. The van der Waals surface area contributed by atoms with Crippen molar-refractivity contribution in [2.24, 2.45) is 0 Å². The van der Waals surface area contributed by atoms with Gasteiger partial charge in [0, 0.05) is 23.0 Å². The summed E-state index contributed by atoms with van der Waals surface area (Å²) in [7, 11) is 1.58. The zero-order valence-corrected chi connectivity index (χ0v) is 23.8. The largest absolute Gasteiger partial charge is 0.497 e. The molecule has 0 fully saturated rings. The summed E-state index contributed by atoms with van der Waals surface area (Å²) < 4.78 is 11.5. The Kier molecular flexibility index (Phi) is 9.10. The van der Waals surface area contributed by atoms with Gasteiger partial charge in [0.2, 0.25) is 5.91 Å². The molecule has 3 aromatic rings. The highest BCUT2D eigenvalue weighted by Gasteiger charge is 2.34. The highest BCUT2D eigenvalue weighted by molar-refractivity contribution is 7.10. The van der Waals surface area contributed by atoms with Crippen LogP contribution < -0.4 is 9.47 Å². The van der Waals surface area contributed by atoms with E-state index in [1.807, 2.05) is 36.9 Å². The summed E-state index contributed by atoms with van der Waals surface area (Å²) in [5.74, 6) is 1.63. The fourth-order valence-corrected chi connectivity index (χ4v) is 5.73. The van der Waals surface area contributed by atoms with Crippen molar-refractivity contribution in [1.82, 2.24) is 9.80 Å². The smallest absolute Gasteiger partial charge is 0.254 e. The van der Waals surface area contributed by atoms with E-state index in [1.165, 1.54) is 10.4 Å². The number of methoxy groups -OCH3 is 1. The van der Waals surface area contributed by atoms with E-state index in [2.05, 4.69) is 37.4 Å². The minimum absolute atomic E-state index is 0.0180. The lowest BCUT2D eigenvalue weighted by Gasteiger charge is -2.38. The molecule has 1 aromatic heterocycles. The number of thiophene rings is 1. The number of ether oxygens (including phenoxy) is 2. The summed E-state index contributed by atoms with van der Waals surface area (Å²) in [6.07, 6.45) is 1.56. The number of fused-ring (bicyclic) bond motifs is 1. The summed E-state index contributed by atoms with van der Waals surface area (Å²) in [6.45, 7) is 9.34. The van der Waals surface area contributed by atoms with Gasteiger partial charge in [0.1, 0.15) is 24.7 Å². The predicted molar refractivity (Wildman–Crippen MR) is 152 cm³/mol. The molecule has 0 saturated carbocycles. The van der Waals surface area contributed by atoms with E-state index in [-0.39, 0.29) is 30.4 Å². The molecule has 1 aliphatic heterocycles. The molecule has 1 aliphatic rings. The predicted octanol–water partition coefficient (Wildman–Crippen LogP) is 6.33. The standard InChI is InChI=1S/C31H38N2O4S/c1-6-22(4)33(31(35)24-8-7-9-26(18-24)36-5)19-30(34)32-16-14-29-27(15-17-38-29)28(32)20-37-25-12-10-23(11-13-25)21(2)3/h7-13,15,17-18,21-22,28H,6,14,16,19-20H2,1-5H3. The van der Waals surface area contributed by atoms with Crippen molar-refractivity contribution in [3.63, 3.8) is 0 Å². The van der Waals surface area contributed by atoms with Crippen LogP contribution in [0.5, 0.6) is 11.5 Å². The minimum atomic E-state index is -0.201. The molecule has 2 unspecified atom stereocenters. The van der Waals surface area contributed by atoms with E-state index in [1.54, 1.807) is 41.5 Å². The molecule has 202 valence electrons. The van der Waals surface area contributed by atoms with Crippen LogP contribution in [0.25, 0.3) is 0 Å². The Bertz CT molecular complexity index is 1240. The number of nitrogens with zero attached hydrogens (tertiary/aromatic N) is 2. The summed E-state index contributed by atoms with van der Waals surface area (Å²) in [5.41, 5.74) is 2.92.